The molecule has 0 aromatic carbocycles. The van der Waals surface area contributed by atoms with Crippen molar-refractivity contribution in [1.82, 2.24) is 5.32 Å². The van der Waals surface area contributed by atoms with Crippen LogP contribution in [0.15, 0.2) is 0 Å². The van der Waals surface area contributed by atoms with E-state index in [4.69, 9.17) is 0 Å². The van der Waals surface area contributed by atoms with Gasteiger partial charge in [0.2, 0.25) is 0 Å². The fourth-order valence-electron chi connectivity index (χ4n) is 3.03. The van der Waals surface area contributed by atoms with Crippen LogP contribution in [0.25, 0.3) is 0 Å². The molecule has 1 aliphatic carbocycles. The first-order valence-corrected chi connectivity index (χ1v) is 6.32. The summed E-state index contributed by atoms with van der Waals surface area (Å²) in [5.41, 5.74) is 0.473. The number of nitrogens with one attached hydrogen (secondary N) is 1. The van der Waals surface area contributed by atoms with Crippen molar-refractivity contribution in [2.24, 2.45) is 5.92 Å². The van der Waals surface area contributed by atoms with Crippen LogP contribution in [0, 0.1) is 5.92 Å². The number of hydrogen-bond acceptors (Lipinski definition) is 1. The minimum atomic E-state index is 0.473. The number of hydrogen-bond donors (Lipinski definition) is 1. The van der Waals surface area contributed by atoms with Crippen molar-refractivity contribution in [3.05, 3.63) is 0 Å². The van der Waals surface area contributed by atoms with Crippen molar-refractivity contribution in [2.45, 2.75) is 77.8 Å². The number of rotatable bonds is 4. The second-order valence-electron chi connectivity index (χ2n) is 5.74. The molecule has 0 saturated heterocycles. The zero-order valence-electron chi connectivity index (χ0n) is 10.4. The maximum atomic E-state index is 3.83. The molecule has 0 amide bonds. The van der Waals surface area contributed by atoms with Crippen LogP contribution >= 0.6 is 0 Å². The summed E-state index contributed by atoms with van der Waals surface area (Å²) in [6, 6.07) is 0.631. The zero-order chi connectivity index (χ0) is 10.6. The molecular formula is C13H27N. The molecule has 0 bridgehead atoms. The van der Waals surface area contributed by atoms with Gasteiger partial charge < -0.3 is 5.32 Å². The molecule has 0 spiro atoms. The Labute approximate surface area is 89.7 Å². The SMILES string of the molecule is CC(C)CC1(NC(C)C)CCCCC1. The Morgan fingerprint density at radius 2 is 1.57 bits per heavy atom. The highest BCUT2D eigenvalue weighted by Crippen LogP contribution is 2.33. The van der Waals surface area contributed by atoms with Gasteiger partial charge in [0.1, 0.15) is 0 Å². The molecule has 1 nitrogen and oxygen atoms in total. The van der Waals surface area contributed by atoms with E-state index in [1.165, 1.54) is 38.5 Å². The molecular weight excluding hydrogens is 170 g/mol. The largest absolute Gasteiger partial charge is 0.309 e. The van der Waals surface area contributed by atoms with Gasteiger partial charge in [0, 0.05) is 11.6 Å². The van der Waals surface area contributed by atoms with Gasteiger partial charge in [0.15, 0.2) is 0 Å². The second-order valence-corrected chi connectivity index (χ2v) is 5.74. The highest BCUT2D eigenvalue weighted by molar-refractivity contribution is 4.92. The quantitative estimate of drug-likeness (QED) is 0.724. The lowest BCUT2D eigenvalue weighted by Gasteiger charge is -2.41. The topological polar surface area (TPSA) is 12.0 Å². The molecule has 0 aromatic heterocycles. The molecule has 1 fully saturated rings. The molecule has 0 radical (unpaired) electrons. The van der Waals surface area contributed by atoms with Crippen LogP contribution in [-0.2, 0) is 0 Å². The highest BCUT2D eigenvalue weighted by atomic mass is 15.0. The standard InChI is InChI=1S/C13H27N/c1-11(2)10-13(14-12(3)4)8-6-5-7-9-13/h11-12,14H,5-10H2,1-4H3. The summed E-state index contributed by atoms with van der Waals surface area (Å²) in [5.74, 6) is 0.819. The molecule has 0 atom stereocenters. The van der Waals surface area contributed by atoms with Gasteiger partial charge in [-0.1, -0.05) is 47.0 Å². The van der Waals surface area contributed by atoms with Crippen LogP contribution in [0.1, 0.15) is 66.2 Å². The Bertz CT molecular complexity index is 143. The molecule has 0 unspecified atom stereocenters. The van der Waals surface area contributed by atoms with Crippen molar-refractivity contribution in [3.8, 4) is 0 Å². The first-order chi connectivity index (χ1) is 6.54. The molecule has 1 heteroatoms. The van der Waals surface area contributed by atoms with Gasteiger partial charge in [-0.3, -0.25) is 0 Å². The van der Waals surface area contributed by atoms with E-state index in [1.54, 1.807) is 0 Å². The van der Waals surface area contributed by atoms with Crippen molar-refractivity contribution in [2.75, 3.05) is 0 Å². The minimum absolute atomic E-state index is 0.473. The van der Waals surface area contributed by atoms with E-state index in [0.717, 1.165) is 5.92 Å². The van der Waals surface area contributed by atoms with Crippen molar-refractivity contribution >= 4 is 0 Å². The highest BCUT2D eigenvalue weighted by Gasteiger charge is 2.32. The molecule has 0 heterocycles. The fraction of sp³-hybridized carbons (Fsp3) is 1.00. The van der Waals surface area contributed by atoms with Gasteiger partial charge in [0.25, 0.3) is 0 Å². The van der Waals surface area contributed by atoms with Gasteiger partial charge in [0.05, 0.1) is 0 Å². The lowest BCUT2D eigenvalue weighted by molar-refractivity contribution is 0.180. The summed E-state index contributed by atoms with van der Waals surface area (Å²) in [5, 5.41) is 3.83. The average molecular weight is 197 g/mol. The summed E-state index contributed by atoms with van der Waals surface area (Å²) in [6.45, 7) is 9.24. The van der Waals surface area contributed by atoms with Crippen LogP contribution in [0.4, 0.5) is 0 Å². The van der Waals surface area contributed by atoms with Crippen LogP contribution in [-0.4, -0.2) is 11.6 Å². The Hall–Kier alpha value is -0.0400. The molecule has 84 valence electrons. The Kier molecular flexibility index (Phi) is 4.43. The molecule has 14 heavy (non-hydrogen) atoms. The molecule has 1 rings (SSSR count). The lowest BCUT2D eigenvalue weighted by Crippen LogP contribution is -2.50. The van der Waals surface area contributed by atoms with Gasteiger partial charge >= 0.3 is 0 Å². The third-order valence-corrected chi connectivity index (χ3v) is 3.20. The molecule has 1 saturated carbocycles. The van der Waals surface area contributed by atoms with Crippen molar-refractivity contribution in [3.63, 3.8) is 0 Å². The van der Waals surface area contributed by atoms with Gasteiger partial charge in [-0.15, -0.1) is 0 Å². The van der Waals surface area contributed by atoms with Crippen LogP contribution in [0.3, 0.4) is 0 Å². The molecule has 1 aliphatic rings. The minimum Gasteiger partial charge on any atom is -0.309 e. The monoisotopic (exact) mass is 197 g/mol. The van der Waals surface area contributed by atoms with E-state index in [2.05, 4.69) is 33.0 Å². The van der Waals surface area contributed by atoms with E-state index in [0.29, 0.717) is 11.6 Å². The zero-order valence-corrected chi connectivity index (χ0v) is 10.4. The summed E-state index contributed by atoms with van der Waals surface area (Å²) in [6.07, 6.45) is 8.43. The van der Waals surface area contributed by atoms with Crippen LogP contribution < -0.4 is 5.32 Å². The second kappa shape index (κ2) is 5.16. The summed E-state index contributed by atoms with van der Waals surface area (Å²) >= 11 is 0. The maximum Gasteiger partial charge on any atom is 0.0186 e. The van der Waals surface area contributed by atoms with E-state index in [-0.39, 0.29) is 0 Å². The molecule has 0 aromatic rings. The summed E-state index contributed by atoms with van der Waals surface area (Å²) in [4.78, 5) is 0. The summed E-state index contributed by atoms with van der Waals surface area (Å²) < 4.78 is 0. The van der Waals surface area contributed by atoms with E-state index in [1.807, 2.05) is 0 Å². The Morgan fingerprint density at radius 3 is 2.00 bits per heavy atom. The summed E-state index contributed by atoms with van der Waals surface area (Å²) in [7, 11) is 0. The Morgan fingerprint density at radius 1 is 1.00 bits per heavy atom. The fourth-order valence-corrected chi connectivity index (χ4v) is 3.03. The third-order valence-electron chi connectivity index (χ3n) is 3.20. The molecule has 0 aliphatic heterocycles. The van der Waals surface area contributed by atoms with E-state index < -0.39 is 0 Å². The average Bonchev–Trinajstić information content (AvgIpc) is 2.01. The molecule has 1 N–H and O–H groups in total. The maximum absolute atomic E-state index is 3.83. The lowest BCUT2D eigenvalue weighted by atomic mass is 9.76. The van der Waals surface area contributed by atoms with Gasteiger partial charge in [-0.2, -0.15) is 0 Å². The normalized spacial score (nSPS) is 21.9. The van der Waals surface area contributed by atoms with Crippen molar-refractivity contribution in [1.29, 1.82) is 0 Å². The predicted octanol–water partition coefficient (Wildman–Crippen LogP) is 3.73. The van der Waals surface area contributed by atoms with Crippen LogP contribution in [0.2, 0.25) is 0 Å². The van der Waals surface area contributed by atoms with Gasteiger partial charge in [-0.25, -0.2) is 0 Å². The van der Waals surface area contributed by atoms with E-state index >= 15 is 0 Å². The first-order valence-electron chi connectivity index (χ1n) is 6.32. The Balaban J connectivity index is 2.57. The smallest absolute Gasteiger partial charge is 0.0186 e. The van der Waals surface area contributed by atoms with E-state index in [9.17, 15) is 0 Å². The van der Waals surface area contributed by atoms with Crippen LogP contribution in [0.5, 0.6) is 0 Å². The van der Waals surface area contributed by atoms with Gasteiger partial charge in [-0.05, 0) is 25.2 Å². The van der Waals surface area contributed by atoms with Crippen molar-refractivity contribution < 1.29 is 0 Å². The first kappa shape index (κ1) is 12.0. The third kappa shape index (κ3) is 3.61. The predicted molar refractivity (Wildman–Crippen MR) is 63.5 cm³/mol.